The summed E-state index contributed by atoms with van der Waals surface area (Å²) >= 11 is -2.78. The van der Waals surface area contributed by atoms with Crippen LogP contribution in [0.25, 0.3) is 0 Å². The summed E-state index contributed by atoms with van der Waals surface area (Å²) in [6.07, 6.45) is -4.04. The van der Waals surface area contributed by atoms with Crippen LogP contribution in [0.1, 0.15) is 59.4 Å². The van der Waals surface area contributed by atoms with Crippen LogP contribution in [-0.2, 0) is 91.6 Å². The van der Waals surface area contributed by atoms with Crippen LogP contribution < -0.4 is 10.6 Å². The number of ether oxygens (including phenoxy) is 6. The number of benzene rings is 6. The molecular formula is C62H62HgN4O12S2. The summed E-state index contributed by atoms with van der Waals surface area (Å²) < 4.78 is 35.7. The number of hydrogen-bond acceptors (Lipinski definition) is 14. The minimum absolute atomic E-state index is 0.0243. The van der Waals surface area contributed by atoms with Crippen molar-refractivity contribution in [3.05, 3.63) is 238 Å². The van der Waals surface area contributed by atoms with Crippen LogP contribution in [-0.4, -0.2) is 109 Å². The first-order valence-corrected chi connectivity index (χ1v) is 41.6. The third-order valence-electron chi connectivity index (χ3n) is 13.6. The Morgan fingerprint density at radius 3 is 1.00 bits per heavy atom. The molecule has 0 spiro atoms. The van der Waals surface area contributed by atoms with E-state index >= 15 is 9.59 Å². The van der Waals surface area contributed by atoms with E-state index in [9.17, 15) is 19.2 Å². The molecule has 0 bridgehead atoms. The standard InChI is InChI=1S/2C31H32N2O6S.Hg/c2*1-20(31(37-2)38-3)26(30(36)39-27(22-15-9-5-10-16-22)23-17-11-6-12-18-23)33-28(35)25(29(33)40)32-24(34)19-21-13-7-4-8-14-21;/h2*4-18,25,27,29,31,40H,19H2,1-3H3,(H,32,34);/q;;+2/p-2. The Kier molecular flexibility index (Phi) is 21.7. The van der Waals surface area contributed by atoms with Crippen molar-refractivity contribution in [2.75, 3.05) is 28.4 Å². The van der Waals surface area contributed by atoms with Crippen LogP contribution in [0.15, 0.2) is 205 Å². The summed E-state index contributed by atoms with van der Waals surface area (Å²) in [5.74, 6) is -3.70. The molecule has 0 saturated carbocycles. The SMILES string of the molecule is COC(OC)C(C)=C(C(=O)OC(c1ccccc1)c1ccccc1)N1C(=O)C(NC(=O)Cc2ccccc2)C1[S][Hg][S]C1C(NC(=O)Cc2ccccc2)C(=O)N1C(C(=O)OC(c1ccccc1)c1ccccc1)=C(C)C(OC)OC. The van der Waals surface area contributed by atoms with Gasteiger partial charge in [0.2, 0.25) is 0 Å². The molecule has 2 heterocycles. The molecule has 2 saturated heterocycles. The zero-order chi connectivity index (χ0) is 57.4. The van der Waals surface area contributed by atoms with E-state index in [4.69, 9.17) is 28.4 Å². The molecule has 0 aromatic heterocycles. The summed E-state index contributed by atoms with van der Waals surface area (Å²) in [5, 5.41) is 4.14. The number of nitrogens with zero attached hydrogens (tertiary/aromatic N) is 2. The molecule has 0 aliphatic carbocycles. The molecule has 4 amide bonds. The number of rotatable bonds is 26. The maximum absolute atomic E-state index is 15.1. The normalized spacial score (nSPS) is 17.4. The van der Waals surface area contributed by atoms with Gasteiger partial charge in [-0.2, -0.15) is 0 Å². The topological polar surface area (TPSA) is 188 Å². The summed E-state index contributed by atoms with van der Waals surface area (Å²) in [7, 11) is 8.45. The van der Waals surface area contributed by atoms with Crippen LogP contribution in [0.3, 0.4) is 0 Å². The molecule has 6 aromatic carbocycles. The number of methoxy groups -OCH3 is 4. The fraction of sp³-hybridized carbons (Fsp3) is 0.258. The predicted octanol–water partition coefficient (Wildman–Crippen LogP) is 8.61. The van der Waals surface area contributed by atoms with Gasteiger partial charge >= 0.3 is 492 Å². The number of carbonyl (C=O) groups is 6. The Morgan fingerprint density at radius 1 is 0.457 bits per heavy atom. The number of carbonyl (C=O) groups excluding carboxylic acids is 6. The van der Waals surface area contributed by atoms with E-state index in [2.05, 4.69) is 10.6 Å². The van der Waals surface area contributed by atoms with Crippen molar-refractivity contribution in [2.24, 2.45) is 0 Å². The van der Waals surface area contributed by atoms with Crippen LogP contribution in [0.4, 0.5) is 0 Å². The second kappa shape index (κ2) is 29.2. The molecule has 16 nitrogen and oxygen atoms in total. The third-order valence-corrected chi connectivity index (χ3v) is 33.9. The minimum atomic E-state index is -2.78. The monoisotopic (exact) mass is 1320 g/mol. The number of esters is 2. The molecule has 4 unspecified atom stereocenters. The van der Waals surface area contributed by atoms with E-state index in [1.165, 1.54) is 54.7 Å². The van der Waals surface area contributed by atoms with Gasteiger partial charge in [-0.15, -0.1) is 0 Å². The van der Waals surface area contributed by atoms with Crippen LogP contribution in [0.5, 0.6) is 0 Å². The van der Waals surface area contributed by atoms with Gasteiger partial charge in [0.1, 0.15) is 0 Å². The summed E-state index contributed by atoms with van der Waals surface area (Å²) in [6.45, 7) is 3.24. The molecular weight excluding hydrogens is 1260 g/mol. The Labute approximate surface area is 488 Å². The summed E-state index contributed by atoms with van der Waals surface area (Å²) in [5.41, 5.74) is 4.37. The van der Waals surface area contributed by atoms with E-state index < -0.39 is 105 Å². The van der Waals surface area contributed by atoms with Crippen LogP contribution in [0.2, 0.25) is 0 Å². The number of β-lactam (4-membered cyclic amide) rings is 2. The molecule has 81 heavy (non-hydrogen) atoms. The van der Waals surface area contributed by atoms with E-state index in [0.29, 0.717) is 22.3 Å². The Balaban J connectivity index is 1.16. The van der Waals surface area contributed by atoms with Gasteiger partial charge in [-0.25, -0.2) is 0 Å². The van der Waals surface area contributed by atoms with Gasteiger partial charge in [0.25, 0.3) is 0 Å². The van der Waals surface area contributed by atoms with E-state index in [0.717, 1.165) is 11.1 Å². The molecule has 8 rings (SSSR count). The van der Waals surface area contributed by atoms with Gasteiger partial charge in [-0.1, -0.05) is 0 Å². The Morgan fingerprint density at radius 2 is 0.728 bits per heavy atom. The summed E-state index contributed by atoms with van der Waals surface area (Å²) in [4.78, 5) is 90.4. The zero-order valence-corrected chi connectivity index (χ0v) is 52.8. The van der Waals surface area contributed by atoms with Gasteiger partial charge in [0, 0.05) is 0 Å². The first-order chi connectivity index (χ1) is 39.4. The second-order valence-electron chi connectivity index (χ2n) is 18.9. The van der Waals surface area contributed by atoms with E-state index in [1.807, 2.05) is 182 Å². The van der Waals surface area contributed by atoms with Gasteiger partial charge < -0.3 is 0 Å². The zero-order valence-electron chi connectivity index (χ0n) is 45.7. The summed E-state index contributed by atoms with van der Waals surface area (Å²) in [6, 6.07) is 52.8. The molecule has 0 radical (unpaired) electrons. The number of hydrogen-bond donors (Lipinski definition) is 2. The first kappa shape index (κ1) is 60.2. The number of nitrogens with one attached hydrogen (secondary N) is 2. The van der Waals surface area contributed by atoms with Crippen molar-refractivity contribution in [2.45, 2.75) is 74.3 Å². The van der Waals surface area contributed by atoms with Crippen molar-refractivity contribution >= 4 is 52.1 Å². The number of amides is 4. The average molecular weight is 1320 g/mol. The molecule has 19 heteroatoms. The van der Waals surface area contributed by atoms with Gasteiger partial charge in [-0.05, 0) is 0 Å². The number of likely N-dealkylation sites (tertiary alicyclic amines) is 2. The van der Waals surface area contributed by atoms with E-state index in [1.54, 1.807) is 13.8 Å². The molecule has 2 aliphatic rings. The predicted molar refractivity (Wildman–Crippen MR) is 303 cm³/mol. The third kappa shape index (κ3) is 14.6. The molecule has 6 aromatic rings. The molecule has 2 fully saturated rings. The van der Waals surface area contributed by atoms with Crippen LogP contribution in [0, 0.1) is 0 Å². The van der Waals surface area contributed by atoms with E-state index in [-0.39, 0.29) is 35.4 Å². The van der Waals surface area contributed by atoms with Crippen molar-refractivity contribution < 1.29 is 78.7 Å². The second-order valence-corrected chi connectivity index (χ2v) is 37.5. The molecule has 416 valence electrons. The Bertz CT molecular complexity index is 2880. The molecule has 2 N–H and O–H groups in total. The van der Waals surface area contributed by atoms with Crippen molar-refractivity contribution in [3.63, 3.8) is 0 Å². The maximum atomic E-state index is 15.1. The van der Waals surface area contributed by atoms with Gasteiger partial charge in [-0.3, -0.25) is 0 Å². The van der Waals surface area contributed by atoms with Crippen molar-refractivity contribution in [3.8, 4) is 0 Å². The van der Waals surface area contributed by atoms with Crippen molar-refractivity contribution in [1.82, 2.24) is 20.4 Å². The molecule has 2 aliphatic heterocycles. The van der Waals surface area contributed by atoms with Gasteiger partial charge in [0.15, 0.2) is 0 Å². The molecule has 4 atom stereocenters. The van der Waals surface area contributed by atoms with Crippen LogP contribution >= 0.6 is 16.5 Å². The quantitative estimate of drug-likeness (QED) is 0.0173. The fourth-order valence-electron chi connectivity index (χ4n) is 9.72. The van der Waals surface area contributed by atoms with Crippen molar-refractivity contribution in [1.29, 1.82) is 0 Å². The van der Waals surface area contributed by atoms with Gasteiger partial charge in [0.05, 0.1) is 0 Å². The first-order valence-electron chi connectivity index (χ1n) is 26.1. The average Bonchev–Trinajstić information content (AvgIpc) is 3.51. The fourth-order valence-corrected chi connectivity index (χ4v) is 33.1. The Hall–Kier alpha value is -6.90.